The van der Waals surface area contributed by atoms with E-state index in [9.17, 15) is 9.90 Å². The lowest BCUT2D eigenvalue weighted by Gasteiger charge is -2.28. The second-order valence-electron chi connectivity index (χ2n) is 4.70. The van der Waals surface area contributed by atoms with Crippen molar-refractivity contribution in [1.82, 2.24) is 9.97 Å². The van der Waals surface area contributed by atoms with Crippen LogP contribution in [0.5, 0.6) is 0 Å². The Kier molecular flexibility index (Phi) is 3.79. The van der Waals surface area contributed by atoms with E-state index >= 15 is 0 Å². The molecule has 5 nitrogen and oxygen atoms in total. The Morgan fingerprint density at radius 1 is 1.44 bits per heavy atom. The van der Waals surface area contributed by atoms with E-state index in [1.165, 1.54) is 0 Å². The molecule has 0 saturated heterocycles. The van der Waals surface area contributed by atoms with Crippen molar-refractivity contribution in [1.29, 1.82) is 0 Å². The standard InChI is InChI=1S/C13H19N3O2/c1-3-11(13(17)18)16(2)12-9-6-4-5-7-10(9)14-8-15-12/h8,11H,3-7H2,1-2H3,(H,17,18). The van der Waals surface area contributed by atoms with Crippen LogP contribution in [0, 0.1) is 0 Å². The maximum atomic E-state index is 11.2. The number of likely N-dealkylation sites (N-methyl/N-ethyl adjacent to an activating group) is 1. The summed E-state index contributed by atoms with van der Waals surface area (Å²) >= 11 is 0. The first-order valence-electron chi connectivity index (χ1n) is 6.43. The van der Waals surface area contributed by atoms with Crippen LogP contribution in [0.2, 0.25) is 0 Å². The van der Waals surface area contributed by atoms with Gasteiger partial charge < -0.3 is 10.0 Å². The monoisotopic (exact) mass is 249 g/mol. The Morgan fingerprint density at radius 2 is 2.17 bits per heavy atom. The zero-order valence-electron chi connectivity index (χ0n) is 10.9. The molecule has 5 heteroatoms. The lowest BCUT2D eigenvalue weighted by molar-refractivity contribution is -0.138. The highest BCUT2D eigenvalue weighted by molar-refractivity contribution is 5.77. The van der Waals surface area contributed by atoms with Gasteiger partial charge in [0, 0.05) is 18.3 Å². The highest BCUT2D eigenvalue weighted by atomic mass is 16.4. The molecule has 0 bridgehead atoms. The van der Waals surface area contributed by atoms with Crippen LogP contribution in [0.3, 0.4) is 0 Å². The molecule has 2 rings (SSSR count). The molecule has 0 amide bonds. The van der Waals surface area contributed by atoms with Gasteiger partial charge in [0.15, 0.2) is 0 Å². The van der Waals surface area contributed by atoms with Crippen LogP contribution in [0.25, 0.3) is 0 Å². The van der Waals surface area contributed by atoms with Crippen molar-refractivity contribution in [3.8, 4) is 0 Å². The molecular formula is C13H19N3O2. The van der Waals surface area contributed by atoms with E-state index in [1.807, 2.05) is 6.92 Å². The zero-order chi connectivity index (χ0) is 13.1. The minimum Gasteiger partial charge on any atom is -0.480 e. The average molecular weight is 249 g/mol. The molecule has 98 valence electrons. The Labute approximate surface area is 107 Å². The number of nitrogens with zero attached hydrogens (tertiary/aromatic N) is 3. The molecule has 18 heavy (non-hydrogen) atoms. The first-order valence-corrected chi connectivity index (χ1v) is 6.43. The van der Waals surface area contributed by atoms with Gasteiger partial charge in [-0.3, -0.25) is 0 Å². The van der Waals surface area contributed by atoms with E-state index in [2.05, 4.69) is 9.97 Å². The zero-order valence-corrected chi connectivity index (χ0v) is 10.9. The molecular weight excluding hydrogens is 230 g/mol. The fraction of sp³-hybridized carbons (Fsp3) is 0.615. The number of anilines is 1. The van der Waals surface area contributed by atoms with Crippen LogP contribution in [0.4, 0.5) is 5.82 Å². The molecule has 1 aromatic rings. The third-order valence-corrected chi connectivity index (χ3v) is 3.58. The number of carboxylic acids is 1. The molecule has 0 spiro atoms. The van der Waals surface area contributed by atoms with E-state index < -0.39 is 12.0 Å². The number of carbonyl (C=O) groups is 1. The summed E-state index contributed by atoms with van der Waals surface area (Å²) in [5.41, 5.74) is 2.21. The summed E-state index contributed by atoms with van der Waals surface area (Å²) in [7, 11) is 1.81. The fourth-order valence-corrected chi connectivity index (χ4v) is 2.57. The average Bonchev–Trinajstić information content (AvgIpc) is 2.38. The molecule has 0 radical (unpaired) electrons. The number of rotatable bonds is 4. The lowest BCUT2D eigenvalue weighted by atomic mass is 9.96. The number of hydrogen-bond donors (Lipinski definition) is 1. The highest BCUT2D eigenvalue weighted by Crippen LogP contribution is 2.27. The molecule has 1 atom stereocenters. The first-order chi connectivity index (χ1) is 8.65. The number of carboxylic acid groups (broad SMARTS) is 1. The normalized spacial score (nSPS) is 15.9. The van der Waals surface area contributed by atoms with Crippen molar-refractivity contribution >= 4 is 11.8 Å². The van der Waals surface area contributed by atoms with Crippen molar-refractivity contribution in [3.05, 3.63) is 17.6 Å². The van der Waals surface area contributed by atoms with Crippen molar-refractivity contribution < 1.29 is 9.90 Å². The van der Waals surface area contributed by atoms with Gasteiger partial charge in [-0.15, -0.1) is 0 Å². The SMILES string of the molecule is CCC(C(=O)O)N(C)c1ncnc2c1CCCC2. The van der Waals surface area contributed by atoms with Crippen LogP contribution in [-0.2, 0) is 17.6 Å². The number of aryl methyl sites for hydroxylation is 1. The van der Waals surface area contributed by atoms with Crippen molar-refractivity contribution in [2.24, 2.45) is 0 Å². The van der Waals surface area contributed by atoms with E-state index in [-0.39, 0.29) is 0 Å². The quantitative estimate of drug-likeness (QED) is 0.879. The minimum absolute atomic E-state index is 0.522. The van der Waals surface area contributed by atoms with Gasteiger partial charge in [-0.25, -0.2) is 14.8 Å². The molecule has 0 aliphatic heterocycles. The number of aromatic nitrogens is 2. The van der Waals surface area contributed by atoms with E-state index in [4.69, 9.17) is 0 Å². The largest absolute Gasteiger partial charge is 0.480 e. The summed E-state index contributed by atoms with van der Waals surface area (Å²) < 4.78 is 0. The second kappa shape index (κ2) is 5.33. The topological polar surface area (TPSA) is 66.3 Å². The van der Waals surface area contributed by atoms with Crippen LogP contribution >= 0.6 is 0 Å². The maximum absolute atomic E-state index is 11.2. The molecule has 1 N–H and O–H groups in total. The smallest absolute Gasteiger partial charge is 0.326 e. The summed E-state index contributed by atoms with van der Waals surface area (Å²) in [6.07, 6.45) is 6.32. The van der Waals surface area contributed by atoms with Crippen LogP contribution in [0.15, 0.2) is 6.33 Å². The molecule has 1 aliphatic rings. The Bertz CT molecular complexity index is 448. The Balaban J connectivity index is 2.35. The lowest BCUT2D eigenvalue weighted by Crippen LogP contribution is -2.39. The van der Waals surface area contributed by atoms with Crippen molar-refractivity contribution in [2.75, 3.05) is 11.9 Å². The van der Waals surface area contributed by atoms with Gasteiger partial charge in [-0.05, 0) is 32.1 Å². The number of aliphatic carboxylic acids is 1. The third kappa shape index (κ3) is 2.30. The maximum Gasteiger partial charge on any atom is 0.326 e. The summed E-state index contributed by atoms with van der Waals surface area (Å²) in [5.74, 6) is -0.0166. The Morgan fingerprint density at radius 3 is 2.83 bits per heavy atom. The van der Waals surface area contributed by atoms with Crippen LogP contribution in [0.1, 0.15) is 37.4 Å². The van der Waals surface area contributed by atoms with E-state index in [0.717, 1.165) is 42.8 Å². The second-order valence-corrected chi connectivity index (χ2v) is 4.70. The Hall–Kier alpha value is -1.65. The molecule has 0 saturated carbocycles. The molecule has 0 fully saturated rings. The summed E-state index contributed by atoms with van der Waals surface area (Å²) in [6.45, 7) is 1.88. The van der Waals surface area contributed by atoms with Crippen LogP contribution < -0.4 is 4.90 Å². The van der Waals surface area contributed by atoms with Crippen molar-refractivity contribution in [3.63, 3.8) is 0 Å². The molecule has 1 unspecified atom stereocenters. The number of hydrogen-bond acceptors (Lipinski definition) is 4. The van der Waals surface area contributed by atoms with Gasteiger partial charge in [0.2, 0.25) is 0 Å². The predicted octanol–water partition coefficient (Wildman–Crippen LogP) is 1.65. The van der Waals surface area contributed by atoms with Gasteiger partial charge in [0.1, 0.15) is 18.2 Å². The molecule has 1 heterocycles. The predicted molar refractivity (Wildman–Crippen MR) is 68.8 cm³/mol. The first kappa shape index (κ1) is 12.8. The summed E-state index contributed by atoms with van der Waals surface area (Å²) in [4.78, 5) is 21.6. The van der Waals surface area contributed by atoms with Crippen molar-refractivity contribution in [2.45, 2.75) is 45.1 Å². The van der Waals surface area contributed by atoms with Gasteiger partial charge in [-0.2, -0.15) is 0 Å². The van der Waals surface area contributed by atoms with Gasteiger partial charge in [0.25, 0.3) is 0 Å². The van der Waals surface area contributed by atoms with Gasteiger partial charge in [0.05, 0.1) is 0 Å². The summed E-state index contributed by atoms with van der Waals surface area (Å²) in [6, 6.07) is -0.522. The number of fused-ring (bicyclic) bond motifs is 1. The molecule has 1 aromatic heterocycles. The van der Waals surface area contributed by atoms with Gasteiger partial charge >= 0.3 is 5.97 Å². The fourth-order valence-electron chi connectivity index (χ4n) is 2.57. The molecule has 1 aliphatic carbocycles. The van der Waals surface area contributed by atoms with Crippen LogP contribution in [-0.4, -0.2) is 34.1 Å². The molecule has 0 aromatic carbocycles. The minimum atomic E-state index is -0.803. The summed E-state index contributed by atoms with van der Waals surface area (Å²) in [5, 5.41) is 9.22. The van der Waals surface area contributed by atoms with E-state index in [0.29, 0.717) is 6.42 Å². The van der Waals surface area contributed by atoms with E-state index in [1.54, 1.807) is 18.3 Å². The highest BCUT2D eigenvalue weighted by Gasteiger charge is 2.25. The third-order valence-electron chi connectivity index (χ3n) is 3.58. The van der Waals surface area contributed by atoms with Gasteiger partial charge in [-0.1, -0.05) is 6.92 Å².